The topological polar surface area (TPSA) is 107 Å². The number of benzene rings is 2. The number of halogens is 1. The van der Waals surface area contributed by atoms with Crippen LogP contribution in [0.4, 0.5) is 11.4 Å². The maximum atomic E-state index is 12.3. The smallest absolute Gasteiger partial charge is 0.311 e. The molecule has 1 unspecified atom stereocenters. The van der Waals surface area contributed by atoms with Gasteiger partial charge in [-0.2, -0.15) is 0 Å². The quantitative estimate of drug-likeness (QED) is 0.318. The summed E-state index contributed by atoms with van der Waals surface area (Å²) in [4.78, 5) is 48.1. The molecule has 144 valence electrons. The van der Waals surface area contributed by atoms with Gasteiger partial charge in [-0.05, 0) is 24.3 Å². The van der Waals surface area contributed by atoms with Crippen LogP contribution in [0, 0.1) is 16.0 Å². The SMILES string of the molecule is O=C(COC(=O)C1CC(=O)N(c2ccccc2Cl)C1)c1ccc([N+](=O)[O-])cc1. The molecule has 0 saturated carbocycles. The summed E-state index contributed by atoms with van der Waals surface area (Å²) in [6.45, 7) is -0.388. The number of anilines is 1. The van der Waals surface area contributed by atoms with Crippen molar-refractivity contribution in [3.63, 3.8) is 0 Å². The number of amides is 1. The van der Waals surface area contributed by atoms with Gasteiger partial charge in [-0.1, -0.05) is 23.7 Å². The number of rotatable bonds is 6. The second kappa shape index (κ2) is 8.18. The average molecular weight is 403 g/mol. The van der Waals surface area contributed by atoms with Crippen molar-refractivity contribution in [2.75, 3.05) is 18.1 Å². The number of carbonyl (C=O) groups excluding carboxylic acids is 3. The number of Topliss-reactive ketones (excluding diaryl/α,β-unsaturated/α-hetero) is 1. The molecule has 1 aliphatic heterocycles. The zero-order chi connectivity index (χ0) is 20.3. The van der Waals surface area contributed by atoms with Crippen LogP contribution in [0.1, 0.15) is 16.8 Å². The van der Waals surface area contributed by atoms with E-state index in [-0.39, 0.29) is 30.1 Å². The Morgan fingerprint density at radius 1 is 1.18 bits per heavy atom. The molecule has 1 aliphatic rings. The minimum atomic E-state index is -0.701. The molecule has 1 heterocycles. The number of hydrogen-bond donors (Lipinski definition) is 0. The molecule has 0 N–H and O–H groups in total. The molecule has 2 aromatic carbocycles. The lowest BCUT2D eigenvalue weighted by Crippen LogP contribution is -2.27. The molecule has 2 aromatic rings. The molecule has 0 aliphatic carbocycles. The molecule has 0 aromatic heterocycles. The Kier molecular flexibility index (Phi) is 5.70. The zero-order valence-electron chi connectivity index (χ0n) is 14.5. The van der Waals surface area contributed by atoms with Gasteiger partial charge >= 0.3 is 5.97 Å². The number of hydrogen-bond acceptors (Lipinski definition) is 6. The first-order chi connectivity index (χ1) is 13.4. The molecule has 1 amide bonds. The molecule has 0 radical (unpaired) electrons. The molecular formula is C19H15ClN2O6. The Balaban J connectivity index is 1.58. The Morgan fingerprint density at radius 2 is 1.86 bits per heavy atom. The summed E-state index contributed by atoms with van der Waals surface area (Å²) in [6, 6.07) is 11.8. The van der Waals surface area contributed by atoms with Crippen molar-refractivity contribution in [1.29, 1.82) is 0 Å². The fraction of sp³-hybridized carbons (Fsp3) is 0.211. The third-order valence-corrected chi connectivity index (χ3v) is 4.67. The first-order valence-corrected chi connectivity index (χ1v) is 8.74. The van der Waals surface area contributed by atoms with Crippen LogP contribution in [0.3, 0.4) is 0 Å². The number of nitro benzene ring substituents is 1. The second-order valence-electron chi connectivity index (χ2n) is 6.19. The second-order valence-corrected chi connectivity index (χ2v) is 6.60. The number of ketones is 1. The van der Waals surface area contributed by atoms with E-state index >= 15 is 0 Å². The van der Waals surface area contributed by atoms with Gasteiger partial charge in [0.1, 0.15) is 0 Å². The van der Waals surface area contributed by atoms with Gasteiger partial charge in [-0.3, -0.25) is 24.5 Å². The highest BCUT2D eigenvalue weighted by molar-refractivity contribution is 6.33. The van der Waals surface area contributed by atoms with Gasteiger partial charge in [-0.15, -0.1) is 0 Å². The molecule has 1 atom stereocenters. The fourth-order valence-electron chi connectivity index (χ4n) is 2.88. The minimum absolute atomic E-state index is 0.0320. The molecule has 28 heavy (non-hydrogen) atoms. The van der Waals surface area contributed by atoms with Crippen LogP contribution in [0.15, 0.2) is 48.5 Å². The molecule has 9 heteroatoms. The van der Waals surface area contributed by atoms with E-state index in [2.05, 4.69) is 0 Å². The molecule has 1 saturated heterocycles. The summed E-state index contributed by atoms with van der Waals surface area (Å²) in [5.41, 5.74) is 0.572. The first-order valence-electron chi connectivity index (χ1n) is 8.36. The Labute approximate surface area is 164 Å². The molecule has 1 fully saturated rings. The predicted molar refractivity (Wildman–Crippen MR) is 100 cm³/mol. The van der Waals surface area contributed by atoms with Crippen molar-refractivity contribution >= 4 is 40.6 Å². The van der Waals surface area contributed by atoms with Gasteiger partial charge in [0.25, 0.3) is 5.69 Å². The highest BCUT2D eigenvalue weighted by Crippen LogP contribution is 2.31. The van der Waals surface area contributed by atoms with Crippen LogP contribution in [0.25, 0.3) is 0 Å². The van der Waals surface area contributed by atoms with E-state index < -0.39 is 29.2 Å². The monoisotopic (exact) mass is 402 g/mol. The third kappa shape index (κ3) is 4.17. The van der Waals surface area contributed by atoms with E-state index in [1.807, 2.05) is 0 Å². The summed E-state index contributed by atoms with van der Waals surface area (Å²) >= 11 is 6.10. The van der Waals surface area contributed by atoms with Crippen LogP contribution < -0.4 is 4.90 Å². The zero-order valence-corrected chi connectivity index (χ0v) is 15.3. The highest BCUT2D eigenvalue weighted by atomic mass is 35.5. The van der Waals surface area contributed by atoms with Crippen molar-refractivity contribution in [2.24, 2.45) is 5.92 Å². The van der Waals surface area contributed by atoms with E-state index in [0.717, 1.165) is 0 Å². The number of esters is 1. The largest absolute Gasteiger partial charge is 0.457 e. The van der Waals surface area contributed by atoms with E-state index in [0.29, 0.717) is 10.7 Å². The molecule has 0 spiro atoms. The Hall–Kier alpha value is -3.26. The van der Waals surface area contributed by atoms with Crippen LogP contribution in [0.2, 0.25) is 5.02 Å². The van der Waals surface area contributed by atoms with Gasteiger partial charge in [-0.25, -0.2) is 0 Å². The van der Waals surface area contributed by atoms with Crippen LogP contribution in [-0.2, 0) is 14.3 Å². The first kappa shape index (κ1) is 19.5. The summed E-state index contributed by atoms with van der Waals surface area (Å²) in [6.07, 6.45) is -0.0320. The van der Waals surface area contributed by atoms with Crippen molar-refractivity contribution in [3.8, 4) is 0 Å². The number of nitrogens with zero attached hydrogens (tertiary/aromatic N) is 2. The molecule has 0 bridgehead atoms. The summed E-state index contributed by atoms with van der Waals surface area (Å²) in [5, 5.41) is 11.0. The van der Waals surface area contributed by atoms with E-state index in [4.69, 9.17) is 16.3 Å². The lowest BCUT2D eigenvalue weighted by Gasteiger charge is -2.17. The van der Waals surface area contributed by atoms with E-state index in [1.165, 1.54) is 29.2 Å². The summed E-state index contributed by atoms with van der Waals surface area (Å²) in [5.74, 6) is -2.10. The number of nitro groups is 1. The van der Waals surface area contributed by atoms with Gasteiger partial charge in [0.05, 0.1) is 21.6 Å². The van der Waals surface area contributed by atoms with Gasteiger partial charge in [0, 0.05) is 30.7 Å². The van der Waals surface area contributed by atoms with Crippen molar-refractivity contribution in [2.45, 2.75) is 6.42 Å². The Bertz CT molecular complexity index is 944. The number of carbonyl (C=O) groups is 3. The lowest BCUT2D eigenvalue weighted by atomic mass is 10.1. The van der Waals surface area contributed by atoms with Gasteiger partial charge in [0.2, 0.25) is 5.91 Å². The van der Waals surface area contributed by atoms with Crippen molar-refractivity contribution in [3.05, 3.63) is 69.2 Å². The predicted octanol–water partition coefficient (Wildman–Crippen LogP) is 3.03. The van der Waals surface area contributed by atoms with Gasteiger partial charge in [0.15, 0.2) is 12.4 Å². The van der Waals surface area contributed by atoms with Crippen molar-refractivity contribution in [1.82, 2.24) is 0 Å². The van der Waals surface area contributed by atoms with Crippen LogP contribution in [-0.4, -0.2) is 35.7 Å². The van der Waals surface area contributed by atoms with Gasteiger partial charge < -0.3 is 9.64 Å². The highest BCUT2D eigenvalue weighted by Gasteiger charge is 2.37. The number of para-hydroxylation sites is 1. The third-order valence-electron chi connectivity index (χ3n) is 4.35. The maximum absolute atomic E-state index is 12.3. The summed E-state index contributed by atoms with van der Waals surface area (Å²) < 4.78 is 5.05. The average Bonchev–Trinajstić information content (AvgIpc) is 3.08. The number of ether oxygens (including phenoxy) is 1. The number of non-ortho nitro benzene ring substituents is 1. The van der Waals surface area contributed by atoms with E-state index in [9.17, 15) is 24.5 Å². The lowest BCUT2D eigenvalue weighted by molar-refractivity contribution is -0.384. The van der Waals surface area contributed by atoms with Crippen LogP contribution in [0.5, 0.6) is 0 Å². The summed E-state index contributed by atoms with van der Waals surface area (Å²) in [7, 11) is 0. The fourth-order valence-corrected chi connectivity index (χ4v) is 3.11. The minimum Gasteiger partial charge on any atom is -0.457 e. The molecular weight excluding hydrogens is 388 g/mol. The maximum Gasteiger partial charge on any atom is 0.311 e. The van der Waals surface area contributed by atoms with E-state index in [1.54, 1.807) is 24.3 Å². The molecule has 8 nitrogen and oxygen atoms in total. The molecule has 3 rings (SSSR count). The Morgan fingerprint density at radius 3 is 2.50 bits per heavy atom. The standard InChI is InChI=1S/C19H15ClN2O6/c20-15-3-1-2-4-16(15)21-10-13(9-18(21)24)19(25)28-11-17(23)12-5-7-14(8-6-12)22(26)27/h1-8,13H,9-11H2. The normalized spacial score (nSPS) is 16.1. The van der Waals surface area contributed by atoms with Crippen LogP contribution >= 0.6 is 11.6 Å². The van der Waals surface area contributed by atoms with Crippen molar-refractivity contribution < 1.29 is 24.0 Å².